The second-order valence-corrected chi connectivity index (χ2v) is 5.51. The number of hydrogen-bond acceptors (Lipinski definition) is 3. The van der Waals surface area contributed by atoms with E-state index >= 15 is 0 Å². The summed E-state index contributed by atoms with van der Waals surface area (Å²) in [6.07, 6.45) is 1.77. The smallest absolute Gasteiger partial charge is 0.259 e. The van der Waals surface area contributed by atoms with Crippen molar-refractivity contribution in [2.75, 3.05) is 12.0 Å². The minimum Gasteiger partial charge on any atom is -0.497 e. The summed E-state index contributed by atoms with van der Waals surface area (Å²) < 4.78 is 5.19. The molecule has 0 saturated carbocycles. The van der Waals surface area contributed by atoms with E-state index in [1.165, 1.54) is 0 Å². The Hall–Kier alpha value is -2.36. The van der Waals surface area contributed by atoms with Gasteiger partial charge in [-0.25, -0.2) is 0 Å². The van der Waals surface area contributed by atoms with Crippen molar-refractivity contribution in [3.05, 3.63) is 53.3 Å². The average molecular weight is 282 g/mol. The number of carbonyl (C=O) groups excluding carboxylic acids is 1. The topological polar surface area (TPSA) is 42.4 Å². The van der Waals surface area contributed by atoms with Crippen LogP contribution in [0.5, 0.6) is 5.75 Å². The van der Waals surface area contributed by atoms with Crippen molar-refractivity contribution in [1.29, 1.82) is 0 Å². The van der Waals surface area contributed by atoms with Gasteiger partial charge in [0.25, 0.3) is 5.91 Å². The Kier molecular flexibility index (Phi) is 3.37. The number of carbonyl (C=O) groups is 1. The number of benzene rings is 1. The maximum Gasteiger partial charge on any atom is 0.259 e. The van der Waals surface area contributed by atoms with Crippen LogP contribution in [0.4, 0.5) is 5.69 Å². The molecule has 0 N–H and O–H groups in total. The number of hydrogen-bond donors (Lipinski definition) is 0. The molecule has 2 aromatic rings. The van der Waals surface area contributed by atoms with Crippen molar-refractivity contribution in [1.82, 2.24) is 4.98 Å². The van der Waals surface area contributed by atoms with Gasteiger partial charge in [-0.15, -0.1) is 0 Å². The van der Waals surface area contributed by atoms with Crippen molar-refractivity contribution in [2.45, 2.75) is 26.3 Å². The van der Waals surface area contributed by atoms with Crippen LogP contribution in [0, 0.1) is 0 Å². The van der Waals surface area contributed by atoms with Gasteiger partial charge in [0.1, 0.15) is 5.75 Å². The maximum absolute atomic E-state index is 12.5. The largest absolute Gasteiger partial charge is 0.497 e. The van der Waals surface area contributed by atoms with E-state index in [0.29, 0.717) is 23.8 Å². The normalized spacial score (nSPS) is 13.7. The lowest BCUT2D eigenvalue weighted by Gasteiger charge is -2.16. The molecule has 1 aromatic heterocycles. The number of ether oxygens (including phenoxy) is 1. The molecule has 4 nitrogen and oxygen atoms in total. The molecule has 0 bridgehead atoms. The zero-order chi connectivity index (χ0) is 15.0. The van der Waals surface area contributed by atoms with Gasteiger partial charge in [-0.3, -0.25) is 9.78 Å². The van der Waals surface area contributed by atoms with Crippen LogP contribution in [0.2, 0.25) is 0 Å². The van der Waals surface area contributed by atoms with Gasteiger partial charge < -0.3 is 9.64 Å². The van der Waals surface area contributed by atoms with Crippen molar-refractivity contribution in [3.63, 3.8) is 0 Å². The maximum atomic E-state index is 12.5. The number of amides is 1. The molecule has 0 atom stereocenters. The van der Waals surface area contributed by atoms with Gasteiger partial charge in [0.15, 0.2) is 0 Å². The first-order chi connectivity index (χ1) is 10.1. The van der Waals surface area contributed by atoms with E-state index in [0.717, 1.165) is 16.9 Å². The zero-order valence-electron chi connectivity index (χ0n) is 12.5. The van der Waals surface area contributed by atoms with Crippen molar-refractivity contribution in [3.8, 4) is 5.75 Å². The summed E-state index contributed by atoms with van der Waals surface area (Å²) in [7, 11) is 1.60. The first-order valence-electron chi connectivity index (χ1n) is 7.05. The second kappa shape index (κ2) is 5.20. The van der Waals surface area contributed by atoms with E-state index in [9.17, 15) is 4.79 Å². The number of anilines is 1. The van der Waals surface area contributed by atoms with Crippen LogP contribution in [0.1, 0.15) is 41.4 Å². The molecule has 1 aromatic carbocycles. The molecule has 4 heteroatoms. The molecule has 0 fully saturated rings. The molecule has 0 aliphatic carbocycles. The van der Waals surface area contributed by atoms with Crippen molar-refractivity contribution >= 4 is 11.6 Å². The molecular formula is C17H18N2O2. The van der Waals surface area contributed by atoms with Crippen molar-refractivity contribution < 1.29 is 9.53 Å². The Balaban J connectivity index is 1.90. The molecule has 0 radical (unpaired) electrons. The Morgan fingerprint density at radius 2 is 2.05 bits per heavy atom. The average Bonchev–Trinajstić information content (AvgIpc) is 2.84. The minimum atomic E-state index is 0.00277. The summed E-state index contributed by atoms with van der Waals surface area (Å²) in [5.41, 5.74) is 3.60. The highest BCUT2D eigenvalue weighted by atomic mass is 16.5. The van der Waals surface area contributed by atoms with Crippen LogP contribution in [-0.4, -0.2) is 18.0 Å². The van der Waals surface area contributed by atoms with Crippen LogP contribution in [0.25, 0.3) is 0 Å². The van der Waals surface area contributed by atoms with Gasteiger partial charge in [-0.2, -0.15) is 0 Å². The van der Waals surface area contributed by atoms with Crippen LogP contribution in [0.3, 0.4) is 0 Å². The molecule has 2 heterocycles. The van der Waals surface area contributed by atoms with Gasteiger partial charge >= 0.3 is 0 Å². The Morgan fingerprint density at radius 3 is 2.67 bits per heavy atom. The standard InChI is InChI=1S/C17H18N2O2/c1-11(2)16-7-5-13(9-18-16)19-10-12-4-6-14(21-3)8-15(12)17(19)20/h4-9,11H,10H2,1-3H3. The predicted octanol–water partition coefficient (Wildman–Crippen LogP) is 3.37. The summed E-state index contributed by atoms with van der Waals surface area (Å²) in [5.74, 6) is 1.09. The van der Waals surface area contributed by atoms with Crippen LogP contribution >= 0.6 is 0 Å². The Morgan fingerprint density at radius 1 is 1.24 bits per heavy atom. The summed E-state index contributed by atoms with van der Waals surface area (Å²) in [6, 6.07) is 9.57. The number of methoxy groups -OCH3 is 1. The van der Waals surface area contributed by atoms with Crippen LogP contribution < -0.4 is 9.64 Å². The van der Waals surface area contributed by atoms with Gasteiger partial charge in [0.05, 0.1) is 25.5 Å². The number of pyridine rings is 1. The van der Waals surface area contributed by atoms with E-state index in [-0.39, 0.29) is 5.91 Å². The van der Waals surface area contributed by atoms with Crippen LogP contribution in [-0.2, 0) is 6.54 Å². The fourth-order valence-corrected chi connectivity index (χ4v) is 2.51. The lowest BCUT2D eigenvalue weighted by atomic mass is 10.1. The van der Waals surface area contributed by atoms with Gasteiger partial charge in [0, 0.05) is 11.3 Å². The van der Waals surface area contributed by atoms with Crippen LogP contribution in [0.15, 0.2) is 36.5 Å². The molecule has 1 aliphatic heterocycles. The van der Waals surface area contributed by atoms with Gasteiger partial charge in [-0.1, -0.05) is 19.9 Å². The minimum absolute atomic E-state index is 0.00277. The fraction of sp³-hybridized carbons (Fsp3) is 0.294. The fourth-order valence-electron chi connectivity index (χ4n) is 2.51. The zero-order valence-corrected chi connectivity index (χ0v) is 12.5. The first-order valence-corrected chi connectivity index (χ1v) is 7.05. The van der Waals surface area contributed by atoms with Crippen molar-refractivity contribution in [2.24, 2.45) is 0 Å². The highest BCUT2D eigenvalue weighted by Crippen LogP contribution is 2.30. The highest BCUT2D eigenvalue weighted by molar-refractivity contribution is 6.10. The molecule has 1 amide bonds. The van der Waals surface area contributed by atoms with Gasteiger partial charge in [-0.05, 0) is 35.7 Å². The first kappa shape index (κ1) is 13.6. The molecule has 0 spiro atoms. The number of fused-ring (bicyclic) bond motifs is 1. The molecule has 21 heavy (non-hydrogen) atoms. The van der Waals surface area contributed by atoms with Gasteiger partial charge in [0.2, 0.25) is 0 Å². The lowest BCUT2D eigenvalue weighted by molar-refractivity contribution is 0.0996. The van der Waals surface area contributed by atoms with E-state index in [1.807, 2.05) is 24.3 Å². The Labute approximate surface area is 124 Å². The molecule has 0 unspecified atom stereocenters. The quantitative estimate of drug-likeness (QED) is 0.866. The molecule has 108 valence electrons. The third-order valence-corrected chi connectivity index (χ3v) is 3.80. The summed E-state index contributed by atoms with van der Waals surface area (Å²) >= 11 is 0. The second-order valence-electron chi connectivity index (χ2n) is 5.51. The third kappa shape index (κ3) is 2.37. The predicted molar refractivity (Wildman–Crippen MR) is 81.8 cm³/mol. The van der Waals surface area contributed by atoms with E-state index in [4.69, 9.17) is 4.74 Å². The summed E-state index contributed by atoms with van der Waals surface area (Å²) in [4.78, 5) is 18.7. The number of rotatable bonds is 3. The highest BCUT2D eigenvalue weighted by Gasteiger charge is 2.29. The number of nitrogens with zero attached hydrogens (tertiary/aromatic N) is 2. The van der Waals surface area contributed by atoms with E-state index in [2.05, 4.69) is 18.8 Å². The van der Waals surface area contributed by atoms with E-state index < -0.39 is 0 Å². The molecule has 1 aliphatic rings. The summed E-state index contributed by atoms with van der Waals surface area (Å²) in [5, 5.41) is 0. The molecular weight excluding hydrogens is 264 g/mol. The molecule has 3 rings (SSSR count). The number of aromatic nitrogens is 1. The SMILES string of the molecule is COc1ccc2c(c1)C(=O)N(c1ccc(C(C)C)nc1)C2. The molecule has 0 saturated heterocycles. The Bertz CT molecular complexity index is 678. The third-order valence-electron chi connectivity index (χ3n) is 3.80. The summed E-state index contributed by atoms with van der Waals surface area (Å²) in [6.45, 7) is 4.79. The lowest BCUT2D eigenvalue weighted by Crippen LogP contribution is -2.23. The van der Waals surface area contributed by atoms with E-state index in [1.54, 1.807) is 24.3 Å². The monoisotopic (exact) mass is 282 g/mol.